The summed E-state index contributed by atoms with van der Waals surface area (Å²) in [7, 11) is 0. The largest absolute Gasteiger partial charge is 0.460 e. The zero-order valence-electron chi connectivity index (χ0n) is 8.16. The van der Waals surface area contributed by atoms with Crippen LogP contribution in [0.4, 0.5) is 0 Å². The summed E-state index contributed by atoms with van der Waals surface area (Å²) in [4.78, 5) is 10.9. The Labute approximate surface area is 79.0 Å². The number of carbonyl (C=O) groups is 1. The third-order valence-corrected chi connectivity index (χ3v) is 1.21. The Morgan fingerprint density at radius 2 is 2.08 bits per heavy atom. The monoisotopic (exact) mass is 184 g/mol. The number of hydrogen-bond donors (Lipinski definition) is 0. The lowest BCUT2D eigenvalue weighted by Gasteiger charge is -2.00. The van der Waals surface area contributed by atoms with E-state index in [1.807, 2.05) is 19.9 Å². The van der Waals surface area contributed by atoms with E-state index in [9.17, 15) is 4.79 Å². The lowest BCUT2D eigenvalue weighted by Crippen LogP contribution is -2.08. The molecule has 0 saturated heterocycles. The van der Waals surface area contributed by atoms with Gasteiger partial charge in [-0.3, -0.25) is 0 Å². The highest BCUT2D eigenvalue weighted by Gasteiger charge is 1.94. The van der Waals surface area contributed by atoms with Crippen molar-refractivity contribution in [1.29, 1.82) is 0 Å². The van der Waals surface area contributed by atoms with Gasteiger partial charge >= 0.3 is 5.97 Å². The molecule has 0 N–H and O–H groups in total. The Bertz CT molecular complexity index is 183. The van der Waals surface area contributed by atoms with Gasteiger partial charge in [-0.15, -0.1) is 0 Å². The zero-order valence-corrected chi connectivity index (χ0v) is 8.16. The molecule has 0 spiro atoms. The van der Waals surface area contributed by atoms with Gasteiger partial charge in [0.1, 0.15) is 6.61 Å². The fourth-order valence-corrected chi connectivity index (χ4v) is 0.639. The van der Waals surface area contributed by atoms with E-state index in [0.29, 0.717) is 19.8 Å². The maximum absolute atomic E-state index is 10.9. The van der Waals surface area contributed by atoms with Crippen LogP contribution in [-0.2, 0) is 14.3 Å². The van der Waals surface area contributed by atoms with Crippen LogP contribution >= 0.6 is 0 Å². The summed E-state index contributed by atoms with van der Waals surface area (Å²) in [6.07, 6.45) is 6.63. The Hall–Kier alpha value is -1.09. The molecule has 74 valence electrons. The van der Waals surface area contributed by atoms with Gasteiger partial charge in [0, 0.05) is 12.7 Å². The predicted molar refractivity (Wildman–Crippen MR) is 51.4 cm³/mol. The number of carbonyl (C=O) groups excluding carboxylic acids is 1. The molecule has 0 atom stereocenters. The van der Waals surface area contributed by atoms with E-state index in [1.165, 1.54) is 6.08 Å². The summed E-state index contributed by atoms with van der Waals surface area (Å²) in [6.45, 7) is 5.19. The third kappa shape index (κ3) is 8.82. The van der Waals surface area contributed by atoms with E-state index in [2.05, 4.69) is 0 Å². The van der Waals surface area contributed by atoms with E-state index in [1.54, 1.807) is 12.2 Å². The first-order valence-electron chi connectivity index (χ1n) is 4.35. The summed E-state index contributed by atoms with van der Waals surface area (Å²) in [6, 6.07) is 0. The molecule has 0 aliphatic rings. The summed E-state index contributed by atoms with van der Waals surface area (Å²) >= 11 is 0. The molecule has 0 bridgehead atoms. The first kappa shape index (κ1) is 11.9. The van der Waals surface area contributed by atoms with Gasteiger partial charge in [0.15, 0.2) is 0 Å². The van der Waals surface area contributed by atoms with Crippen LogP contribution in [0, 0.1) is 0 Å². The molecule has 0 amide bonds. The van der Waals surface area contributed by atoms with Gasteiger partial charge in [-0.2, -0.15) is 0 Å². The molecule has 13 heavy (non-hydrogen) atoms. The molecular weight excluding hydrogens is 168 g/mol. The number of hydrogen-bond acceptors (Lipinski definition) is 3. The van der Waals surface area contributed by atoms with E-state index >= 15 is 0 Å². The fraction of sp³-hybridized carbons (Fsp3) is 0.500. The van der Waals surface area contributed by atoms with Crippen molar-refractivity contribution < 1.29 is 14.3 Å². The van der Waals surface area contributed by atoms with E-state index in [-0.39, 0.29) is 5.97 Å². The standard InChI is InChI=1S/C10H16O3/c1-3-5-6-7-10(11)13-9-8-12-4-2/h3,5-7H,4,8-9H2,1-2H3/b5-3+,7-6+. The Kier molecular flexibility index (Phi) is 8.25. The highest BCUT2D eigenvalue weighted by molar-refractivity contribution is 5.82. The number of rotatable bonds is 6. The highest BCUT2D eigenvalue weighted by Crippen LogP contribution is 1.84. The molecule has 0 aromatic rings. The van der Waals surface area contributed by atoms with Gasteiger partial charge in [-0.25, -0.2) is 4.79 Å². The predicted octanol–water partition coefficient (Wildman–Crippen LogP) is 1.70. The van der Waals surface area contributed by atoms with Crippen molar-refractivity contribution in [3.8, 4) is 0 Å². The van der Waals surface area contributed by atoms with Gasteiger partial charge in [-0.1, -0.05) is 18.2 Å². The quantitative estimate of drug-likeness (QED) is 0.273. The molecular formula is C10H16O3. The normalized spacial score (nSPS) is 11.2. The Morgan fingerprint density at radius 1 is 1.31 bits per heavy atom. The number of esters is 1. The van der Waals surface area contributed by atoms with Crippen LogP contribution in [0.1, 0.15) is 13.8 Å². The van der Waals surface area contributed by atoms with Crippen molar-refractivity contribution >= 4 is 5.97 Å². The minimum absolute atomic E-state index is 0.312. The first-order valence-corrected chi connectivity index (χ1v) is 4.35. The van der Waals surface area contributed by atoms with Crippen molar-refractivity contribution in [3.05, 3.63) is 24.3 Å². The topological polar surface area (TPSA) is 35.5 Å². The molecule has 0 aliphatic heterocycles. The minimum Gasteiger partial charge on any atom is -0.460 e. The minimum atomic E-state index is -0.335. The first-order chi connectivity index (χ1) is 6.31. The summed E-state index contributed by atoms with van der Waals surface area (Å²) in [5.41, 5.74) is 0. The maximum atomic E-state index is 10.9. The molecule has 3 heteroatoms. The molecule has 0 aromatic heterocycles. The molecule has 0 unspecified atom stereocenters. The van der Waals surface area contributed by atoms with Gasteiger partial charge < -0.3 is 9.47 Å². The van der Waals surface area contributed by atoms with Gasteiger partial charge in [0.2, 0.25) is 0 Å². The fourth-order valence-electron chi connectivity index (χ4n) is 0.639. The number of ether oxygens (including phenoxy) is 2. The van der Waals surface area contributed by atoms with Crippen LogP contribution in [0.25, 0.3) is 0 Å². The summed E-state index contributed by atoms with van der Waals surface area (Å²) in [5.74, 6) is -0.335. The van der Waals surface area contributed by atoms with Crippen molar-refractivity contribution in [2.24, 2.45) is 0 Å². The summed E-state index contributed by atoms with van der Waals surface area (Å²) < 4.78 is 9.80. The van der Waals surface area contributed by atoms with Crippen LogP contribution < -0.4 is 0 Å². The maximum Gasteiger partial charge on any atom is 0.330 e. The Morgan fingerprint density at radius 3 is 2.69 bits per heavy atom. The lowest BCUT2D eigenvalue weighted by molar-refractivity contribution is -0.139. The third-order valence-electron chi connectivity index (χ3n) is 1.21. The van der Waals surface area contributed by atoms with E-state index in [4.69, 9.17) is 9.47 Å². The van der Waals surface area contributed by atoms with Crippen LogP contribution in [0.5, 0.6) is 0 Å². The SMILES string of the molecule is C/C=C/C=C/C(=O)OCCOCC. The average molecular weight is 184 g/mol. The molecule has 3 nitrogen and oxygen atoms in total. The Balaban J connectivity index is 3.40. The molecule has 0 aromatic carbocycles. The van der Waals surface area contributed by atoms with Gasteiger partial charge in [0.05, 0.1) is 6.61 Å². The van der Waals surface area contributed by atoms with E-state index in [0.717, 1.165) is 0 Å². The molecule has 0 fully saturated rings. The van der Waals surface area contributed by atoms with Crippen molar-refractivity contribution in [3.63, 3.8) is 0 Å². The second-order valence-electron chi connectivity index (χ2n) is 2.25. The van der Waals surface area contributed by atoms with Gasteiger partial charge in [-0.05, 0) is 13.8 Å². The summed E-state index contributed by atoms with van der Waals surface area (Å²) in [5, 5.41) is 0. The number of allylic oxidation sites excluding steroid dienone is 3. The molecule has 0 rings (SSSR count). The lowest BCUT2D eigenvalue weighted by atomic mass is 10.4. The highest BCUT2D eigenvalue weighted by atomic mass is 16.6. The van der Waals surface area contributed by atoms with Crippen LogP contribution in [0.2, 0.25) is 0 Å². The molecule has 0 heterocycles. The zero-order chi connectivity index (χ0) is 9.94. The van der Waals surface area contributed by atoms with Crippen LogP contribution in [0.15, 0.2) is 24.3 Å². The molecule has 0 aliphatic carbocycles. The van der Waals surface area contributed by atoms with Crippen LogP contribution in [-0.4, -0.2) is 25.8 Å². The molecule has 0 radical (unpaired) electrons. The van der Waals surface area contributed by atoms with Crippen LogP contribution in [0.3, 0.4) is 0 Å². The van der Waals surface area contributed by atoms with Crippen molar-refractivity contribution in [2.75, 3.05) is 19.8 Å². The smallest absolute Gasteiger partial charge is 0.330 e. The van der Waals surface area contributed by atoms with Crippen molar-refractivity contribution in [2.45, 2.75) is 13.8 Å². The average Bonchev–Trinajstić information content (AvgIpc) is 2.13. The molecule has 0 saturated carbocycles. The van der Waals surface area contributed by atoms with Gasteiger partial charge in [0.25, 0.3) is 0 Å². The second-order valence-corrected chi connectivity index (χ2v) is 2.25. The van der Waals surface area contributed by atoms with E-state index < -0.39 is 0 Å². The van der Waals surface area contributed by atoms with Crippen molar-refractivity contribution in [1.82, 2.24) is 0 Å². The second kappa shape index (κ2) is 9.00.